The van der Waals surface area contributed by atoms with E-state index >= 15 is 0 Å². The largest absolute Gasteiger partial charge is 0.0980 e. The van der Waals surface area contributed by atoms with E-state index in [0.717, 1.165) is 0 Å². The predicted molar refractivity (Wildman–Crippen MR) is 94.2 cm³/mol. The molecular formula is C17H28Si2. The van der Waals surface area contributed by atoms with Crippen molar-refractivity contribution in [3.63, 3.8) is 0 Å². The van der Waals surface area contributed by atoms with E-state index in [9.17, 15) is 0 Å². The maximum Gasteiger partial charge on any atom is 0.0683 e. The Bertz CT molecular complexity index is 407. The van der Waals surface area contributed by atoms with Gasteiger partial charge in [0.2, 0.25) is 0 Å². The van der Waals surface area contributed by atoms with E-state index in [1.54, 1.807) is 0 Å². The van der Waals surface area contributed by atoms with Crippen molar-refractivity contribution in [2.45, 2.75) is 45.2 Å². The smallest absolute Gasteiger partial charge is 0.0683 e. The lowest BCUT2D eigenvalue weighted by Gasteiger charge is -2.15. The van der Waals surface area contributed by atoms with Crippen LogP contribution >= 0.6 is 0 Å². The molecule has 0 aromatic heterocycles. The van der Waals surface area contributed by atoms with E-state index in [1.807, 2.05) is 0 Å². The molecule has 0 N–H and O–H groups in total. The fourth-order valence-corrected chi connectivity index (χ4v) is 3.32. The minimum Gasteiger partial charge on any atom is -0.0980 e. The van der Waals surface area contributed by atoms with Gasteiger partial charge in [0.05, 0.1) is 16.1 Å². The zero-order valence-electron chi connectivity index (χ0n) is 13.3. The van der Waals surface area contributed by atoms with Gasteiger partial charge in [-0.25, -0.2) is 0 Å². The Morgan fingerprint density at radius 2 is 1.16 bits per heavy atom. The fraction of sp³-hybridized carbons (Fsp3) is 0.412. The van der Waals surface area contributed by atoms with E-state index in [0.29, 0.717) is 5.92 Å². The van der Waals surface area contributed by atoms with Gasteiger partial charge in [0, 0.05) is 5.92 Å². The Balaban J connectivity index is 2.99. The highest BCUT2D eigenvalue weighted by Gasteiger charge is 2.12. The van der Waals surface area contributed by atoms with Crippen LogP contribution < -0.4 is 0 Å². The highest BCUT2D eigenvalue weighted by atomic mass is 28.3. The van der Waals surface area contributed by atoms with Crippen LogP contribution in [0.3, 0.4) is 0 Å². The zero-order chi connectivity index (χ0) is 14.5. The van der Waals surface area contributed by atoms with Crippen molar-refractivity contribution in [3.05, 3.63) is 59.4 Å². The SMILES string of the molecule is C[Si](C)(C)/C=C/C(/C=C/[Si](C)(C)C)c1ccccc1. The summed E-state index contributed by atoms with van der Waals surface area (Å²) in [6.45, 7) is 14.3. The lowest BCUT2D eigenvalue weighted by Crippen LogP contribution is -2.17. The monoisotopic (exact) mass is 288 g/mol. The molecule has 0 aliphatic carbocycles. The molecule has 0 heterocycles. The van der Waals surface area contributed by atoms with Crippen LogP contribution in [0.25, 0.3) is 0 Å². The van der Waals surface area contributed by atoms with Crippen LogP contribution in [0, 0.1) is 0 Å². The molecule has 0 nitrogen and oxygen atoms in total. The van der Waals surface area contributed by atoms with Crippen LogP contribution in [-0.2, 0) is 0 Å². The molecule has 1 aromatic rings. The highest BCUT2D eigenvalue weighted by Crippen LogP contribution is 2.21. The maximum absolute atomic E-state index is 2.46. The summed E-state index contributed by atoms with van der Waals surface area (Å²) in [6, 6.07) is 10.8. The molecule has 0 saturated carbocycles. The van der Waals surface area contributed by atoms with Crippen LogP contribution in [0.4, 0.5) is 0 Å². The van der Waals surface area contributed by atoms with Crippen molar-refractivity contribution in [2.24, 2.45) is 0 Å². The first-order valence-electron chi connectivity index (χ1n) is 7.11. The summed E-state index contributed by atoms with van der Waals surface area (Å²) in [7, 11) is -2.26. The third-order valence-corrected chi connectivity index (χ3v) is 5.18. The van der Waals surface area contributed by atoms with E-state index in [4.69, 9.17) is 0 Å². The molecule has 0 saturated heterocycles. The quantitative estimate of drug-likeness (QED) is 0.615. The topological polar surface area (TPSA) is 0 Å². The minimum atomic E-state index is -1.13. The Labute approximate surface area is 121 Å². The highest BCUT2D eigenvalue weighted by molar-refractivity contribution is 6.81. The van der Waals surface area contributed by atoms with E-state index < -0.39 is 16.1 Å². The molecule has 0 atom stereocenters. The summed E-state index contributed by atoms with van der Waals surface area (Å²) in [5.41, 5.74) is 6.31. The number of hydrogen-bond acceptors (Lipinski definition) is 0. The Kier molecular flexibility index (Phi) is 5.56. The van der Waals surface area contributed by atoms with Crippen molar-refractivity contribution in [1.29, 1.82) is 0 Å². The minimum absolute atomic E-state index is 0.430. The second kappa shape index (κ2) is 6.53. The second-order valence-electron chi connectivity index (χ2n) is 7.39. The summed E-state index contributed by atoms with van der Waals surface area (Å²) in [4.78, 5) is 0. The average molecular weight is 289 g/mol. The second-order valence-corrected chi connectivity index (χ2v) is 17.5. The first kappa shape index (κ1) is 16.2. The van der Waals surface area contributed by atoms with Gasteiger partial charge < -0.3 is 0 Å². The van der Waals surface area contributed by atoms with Crippen molar-refractivity contribution >= 4 is 16.1 Å². The molecule has 0 bridgehead atoms. The lowest BCUT2D eigenvalue weighted by atomic mass is 10.00. The van der Waals surface area contributed by atoms with Gasteiger partial charge in [-0.3, -0.25) is 0 Å². The zero-order valence-corrected chi connectivity index (χ0v) is 15.3. The van der Waals surface area contributed by atoms with Gasteiger partial charge >= 0.3 is 0 Å². The van der Waals surface area contributed by atoms with Crippen molar-refractivity contribution < 1.29 is 0 Å². The molecule has 104 valence electrons. The molecule has 0 aliphatic rings. The van der Waals surface area contributed by atoms with Crippen molar-refractivity contribution in [3.8, 4) is 0 Å². The van der Waals surface area contributed by atoms with E-state index in [1.165, 1.54) is 5.56 Å². The van der Waals surface area contributed by atoms with Crippen LogP contribution in [0.1, 0.15) is 11.5 Å². The average Bonchev–Trinajstić information content (AvgIpc) is 2.27. The fourth-order valence-electron chi connectivity index (χ4n) is 1.75. The standard InChI is InChI=1S/C17H28Si2/c1-18(2,3)14-12-17(13-15-19(4,5)6)16-10-8-7-9-11-16/h7-15,17H,1-6H3/b14-12+,15-13+. The molecule has 19 heavy (non-hydrogen) atoms. The lowest BCUT2D eigenvalue weighted by molar-refractivity contribution is 1.08. The molecule has 0 spiro atoms. The van der Waals surface area contributed by atoms with Crippen molar-refractivity contribution in [1.82, 2.24) is 0 Å². The molecular weight excluding hydrogens is 260 g/mol. The van der Waals surface area contributed by atoms with Gasteiger partial charge in [-0.05, 0) is 5.56 Å². The molecule has 0 radical (unpaired) electrons. The van der Waals surface area contributed by atoms with Gasteiger partial charge in [-0.15, -0.1) is 0 Å². The molecule has 0 unspecified atom stereocenters. The molecule has 1 rings (SSSR count). The first-order chi connectivity index (χ1) is 8.67. The van der Waals surface area contributed by atoms with E-state index in [2.05, 4.69) is 93.2 Å². The first-order valence-corrected chi connectivity index (χ1v) is 14.3. The summed E-state index contributed by atoms with van der Waals surface area (Å²) in [5.74, 6) is 0.430. The Hall–Kier alpha value is -0.866. The number of benzene rings is 1. The summed E-state index contributed by atoms with van der Waals surface area (Å²) < 4.78 is 0. The molecule has 0 amide bonds. The van der Waals surface area contributed by atoms with Gasteiger partial charge in [0.15, 0.2) is 0 Å². The van der Waals surface area contributed by atoms with Gasteiger partial charge in [-0.1, -0.05) is 93.2 Å². The van der Waals surface area contributed by atoms with Gasteiger partial charge in [0.25, 0.3) is 0 Å². The third kappa shape index (κ3) is 7.33. The summed E-state index contributed by atoms with van der Waals surface area (Å²) in [5, 5.41) is 0. The number of rotatable bonds is 5. The van der Waals surface area contributed by atoms with Crippen LogP contribution in [-0.4, -0.2) is 16.1 Å². The third-order valence-electron chi connectivity index (χ3n) is 2.79. The number of hydrogen-bond donors (Lipinski definition) is 0. The van der Waals surface area contributed by atoms with Gasteiger partial charge in [0.1, 0.15) is 0 Å². The summed E-state index contributed by atoms with van der Waals surface area (Å²) in [6.07, 6.45) is 4.80. The molecule has 2 heteroatoms. The van der Waals surface area contributed by atoms with Crippen molar-refractivity contribution in [2.75, 3.05) is 0 Å². The Morgan fingerprint density at radius 3 is 1.53 bits per heavy atom. The maximum atomic E-state index is 2.46. The van der Waals surface area contributed by atoms with Crippen LogP contribution in [0.15, 0.2) is 53.9 Å². The van der Waals surface area contributed by atoms with Crippen LogP contribution in [0.5, 0.6) is 0 Å². The van der Waals surface area contributed by atoms with Crippen LogP contribution in [0.2, 0.25) is 39.3 Å². The molecule has 0 aliphatic heterocycles. The molecule has 0 fully saturated rings. The molecule has 1 aromatic carbocycles. The predicted octanol–water partition coefficient (Wildman–Crippen LogP) is 5.64. The Morgan fingerprint density at radius 1 is 0.737 bits per heavy atom. The van der Waals surface area contributed by atoms with E-state index in [-0.39, 0.29) is 0 Å². The summed E-state index contributed by atoms with van der Waals surface area (Å²) >= 11 is 0. The normalized spacial score (nSPS) is 13.8. The van der Waals surface area contributed by atoms with Gasteiger partial charge in [-0.2, -0.15) is 0 Å². The number of allylic oxidation sites excluding steroid dienone is 2.